The largest absolute Gasteiger partial charge is 0.331 e. The predicted molar refractivity (Wildman–Crippen MR) is 121 cm³/mol. The minimum atomic E-state index is 0.183. The lowest BCUT2D eigenvalue weighted by Crippen LogP contribution is -2.46. The molecular formula is C25H29N5. The lowest BCUT2D eigenvalue weighted by molar-refractivity contribution is 0.125. The summed E-state index contributed by atoms with van der Waals surface area (Å²) in [4.78, 5) is 14.4. The fraction of sp³-hybridized carbons (Fsp3) is 0.360. The molecule has 1 fully saturated rings. The maximum atomic E-state index is 4.91. The zero-order chi connectivity index (χ0) is 20.7. The van der Waals surface area contributed by atoms with Crippen molar-refractivity contribution in [2.75, 3.05) is 33.2 Å². The van der Waals surface area contributed by atoms with Crippen LogP contribution in [0, 0.1) is 13.8 Å². The number of hydrogen-bond acceptors (Lipinski definition) is 4. The second kappa shape index (κ2) is 7.82. The highest BCUT2D eigenvalue weighted by Gasteiger charge is 2.32. The van der Waals surface area contributed by atoms with Gasteiger partial charge in [0.1, 0.15) is 5.82 Å². The van der Waals surface area contributed by atoms with Gasteiger partial charge in [-0.3, -0.25) is 9.88 Å². The van der Waals surface area contributed by atoms with Crippen LogP contribution in [-0.4, -0.2) is 57.6 Å². The molecule has 2 aliphatic rings. The summed E-state index contributed by atoms with van der Waals surface area (Å²) in [7, 11) is 2.21. The number of pyridine rings is 1. The van der Waals surface area contributed by atoms with E-state index in [4.69, 9.17) is 4.98 Å². The molecule has 1 unspecified atom stereocenters. The van der Waals surface area contributed by atoms with Crippen LogP contribution in [0.15, 0.2) is 48.9 Å². The van der Waals surface area contributed by atoms with Gasteiger partial charge in [0.2, 0.25) is 0 Å². The Bertz CT molecular complexity index is 1090. The number of piperazine rings is 1. The predicted octanol–water partition coefficient (Wildman–Crippen LogP) is 3.79. The Morgan fingerprint density at radius 2 is 1.83 bits per heavy atom. The van der Waals surface area contributed by atoms with E-state index in [0.717, 1.165) is 38.5 Å². The first kappa shape index (κ1) is 19.2. The summed E-state index contributed by atoms with van der Waals surface area (Å²) in [6, 6.07) is 11.4. The summed E-state index contributed by atoms with van der Waals surface area (Å²) in [5.74, 6) is 1.04. The van der Waals surface area contributed by atoms with E-state index in [2.05, 4.69) is 82.9 Å². The summed E-state index contributed by atoms with van der Waals surface area (Å²) < 4.78 is 2.23. The number of aryl methyl sites for hydroxylation is 2. The topological polar surface area (TPSA) is 37.2 Å². The van der Waals surface area contributed by atoms with E-state index < -0.39 is 0 Å². The highest BCUT2D eigenvalue weighted by Crippen LogP contribution is 2.40. The quantitative estimate of drug-likeness (QED) is 0.672. The molecule has 5 nitrogen and oxygen atoms in total. The molecule has 3 aromatic rings. The van der Waals surface area contributed by atoms with E-state index in [1.54, 1.807) is 0 Å². The summed E-state index contributed by atoms with van der Waals surface area (Å²) in [5, 5.41) is 0. The van der Waals surface area contributed by atoms with Gasteiger partial charge in [-0.05, 0) is 55.3 Å². The average molecular weight is 400 g/mol. The first-order chi connectivity index (χ1) is 14.6. The number of rotatable bonds is 3. The molecule has 1 aliphatic carbocycles. The van der Waals surface area contributed by atoms with Gasteiger partial charge < -0.3 is 9.47 Å². The summed E-state index contributed by atoms with van der Waals surface area (Å²) in [6.07, 6.45) is 8.23. The van der Waals surface area contributed by atoms with E-state index in [1.807, 2.05) is 12.4 Å². The highest BCUT2D eigenvalue weighted by atomic mass is 15.3. The second-order valence-electron chi connectivity index (χ2n) is 8.58. The maximum Gasteiger partial charge on any atom is 0.105 e. The summed E-state index contributed by atoms with van der Waals surface area (Å²) >= 11 is 0. The average Bonchev–Trinajstić information content (AvgIpc) is 3.09. The van der Waals surface area contributed by atoms with Crippen molar-refractivity contribution in [2.45, 2.75) is 26.4 Å². The molecule has 0 radical (unpaired) electrons. The fourth-order valence-corrected chi connectivity index (χ4v) is 4.71. The number of imidazole rings is 1. The number of allylic oxidation sites excluding steroid dienone is 1. The molecule has 1 atom stereocenters. The van der Waals surface area contributed by atoms with Gasteiger partial charge in [0.05, 0.1) is 11.7 Å². The molecule has 5 heteroatoms. The number of fused-ring (bicyclic) bond motifs is 2. The van der Waals surface area contributed by atoms with Crippen molar-refractivity contribution < 1.29 is 0 Å². The molecule has 5 rings (SSSR count). The van der Waals surface area contributed by atoms with E-state index in [0.29, 0.717) is 0 Å². The molecule has 3 heterocycles. The van der Waals surface area contributed by atoms with E-state index in [1.165, 1.54) is 33.5 Å². The van der Waals surface area contributed by atoms with Crippen molar-refractivity contribution in [3.63, 3.8) is 0 Å². The SMILES string of the molecule is Cc1ccc2c(c1)C(Cn1ccnc1C)=Cc1cccnc1C2N1CCN(C)CC1. The van der Waals surface area contributed by atoms with Crippen LogP contribution in [0.1, 0.15) is 39.8 Å². The van der Waals surface area contributed by atoms with Gasteiger partial charge in [0.25, 0.3) is 0 Å². The van der Waals surface area contributed by atoms with Crippen LogP contribution in [0.2, 0.25) is 0 Å². The number of benzene rings is 1. The minimum absolute atomic E-state index is 0.183. The first-order valence-corrected chi connectivity index (χ1v) is 10.8. The Kier molecular flexibility index (Phi) is 5.01. The zero-order valence-corrected chi connectivity index (χ0v) is 18.0. The van der Waals surface area contributed by atoms with Crippen molar-refractivity contribution in [1.82, 2.24) is 24.3 Å². The number of nitrogens with zero attached hydrogens (tertiary/aromatic N) is 5. The van der Waals surface area contributed by atoms with Gasteiger partial charge in [-0.15, -0.1) is 0 Å². The van der Waals surface area contributed by atoms with Crippen LogP contribution in [0.25, 0.3) is 11.6 Å². The van der Waals surface area contributed by atoms with Crippen molar-refractivity contribution in [2.24, 2.45) is 0 Å². The van der Waals surface area contributed by atoms with Crippen molar-refractivity contribution >= 4 is 11.6 Å². The smallest absolute Gasteiger partial charge is 0.105 e. The standard InChI is InChI=1S/C25H29N5/c1-18-6-7-22-23(15-18)21(17-30-10-9-26-19(30)2)16-20-5-4-8-27-24(20)25(22)29-13-11-28(3)12-14-29/h4-10,15-16,25H,11-14,17H2,1-3H3. The van der Waals surface area contributed by atoms with Crippen LogP contribution < -0.4 is 0 Å². The first-order valence-electron chi connectivity index (χ1n) is 10.8. The van der Waals surface area contributed by atoms with Crippen LogP contribution >= 0.6 is 0 Å². The third-order valence-corrected chi connectivity index (χ3v) is 6.48. The van der Waals surface area contributed by atoms with Gasteiger partial charge in [-0.25, -0.2) is 4.98 Å². The Morgan fingerprint density at radius 1 is 1.00 bits per heavy atom. The number of likely N-dealkylation sites (N-methyl/N-ethyl adjacent to an activating group) is 1. The van der Waals surface area contributed by atoms with E-state index in [-0.39, 0.29) is 6.04 Å². The summed E-state index contributed by atoms with van der Waals surface area (Å²) in [5.41, 5.74) is 7.71. The molecule has 30 heavy (non-hydrogen) atoms. The second-order valence-corrected chi connectivity index (χ2v) is 8.58. The molecule has 2 aromatic heterocycles. The Hall–Kier alpha value is -2.76. The molecule has 0 spiro atoms. The Labute approximate surface area is 178 Å². The fourth-order valence-electron chi connectivity index (χ4n) is 4.71. The molecule has 0 amide bonds. The zero-order valence-electron chi connectivity index (χ0n) is 18.0. The lowest BCUT2D eigenvalue weighted by Gasteiger charge is -2.38. The third kappa shape index (κ3) is 3.48. The van der Waals surface area contributed by atoms with E-state index >= 15 is 0 Å². The molecule has 0 bridgehead atoms. The van der Waals surface area contributed by atoms with Gasteiger partial charge in [-0.1, -0.05) is 29.8 Å². The molecular weight excluding hydrogens is 370 g/mol. The normalized spacial score (nSPS) is 19.7. The molecule has 1 aromatic carbocycles. The van der Waals surface area contributed by atoms with Crippen LogP contribution in [0.5, 0.6) is 0 Å². The Balaban J connectivity index is 1.67. The van der Waals surface area contributed by atoms with Gasteiger partial charge in [0.15, 0.2) is 0 Å². The maximum absolute atomic E-state index is 4.91. The number of aromatic nitrogens is 3. The van der Waals surface area contributed by atoms with Crippen LogP contribution in [0.3, 0.4) is 0 Å². The monoisotopic (exact) mass is 399 g/mol. The van der Waals surface area contributed by atoms with Crippen molar-refractivity contribution in [1.29, 1.82) is 0 Å². The third-order valence-electron chi connectivity index (χ3n) is 6.48. The van der Waals surface area contributed by atoms with Crippen molar-refractivity contribution in [3.8, 4) is 0 Å². The van der Waals surface area contributed by atoms with Gasteiger partial charge >= 0.3 is 0 Å². The Morgan fingerprint density at radius 3 is 2.60 bits per heavy atom. The number of hydrogen-bond donors (Lipinski definition) is 0. The van der Waals surface area contributed by atoms with E-state index in [9.17, 15) is 0 Å². The molecule has 0 saturated carbocycles. The minimum Gasteiger partial charge on any atom is -0.331 e. The van der Waals surface area contributed by atoms with Gasteiger partial charge in [0, 0.05) is 51.3 Å². The molecule has 0 N–H and O–H groups in total. The summed E-state index contributed by atoms with van der Waals surface area (Å²) in [6.45, 7) is 9.36. The lowest BCUT2D eigenvalue weighted by atomic mass is 9.92. The molecule has 1 saturated heterocycles. The van der Waals surface area contributed by atoms with Crippen molar-refractivity contribution in [3.05, 3.63) is 82.7 Å². The van der Waals surface area contributed by atoms with Gasteiger partial charge in [-0.2, -0.15) is 0 Å². The molecule has 1 aliphatic heterocycles. The molecule has 154 valence electrons. The highest BCUT2D eigenvalue weighted by molar-refractivity contribution is 5.86. The van der Waals surface area contributed by atoms with Crippen LogP contribution in [0.4, 0.5) is 0 Å². The van der Waals surface area contributed by atoms with Crippen LogP contribution in [-0.2, 0) is 6.54 Å².